The van der Waals surface area contributed by atoms with Crippen LogP contribution in [0.15, 0.2) is 36.5 Å². The Morgan fingerprint density at radius 1 is 1.24 bits per heavy atom. The van der Waals surface area contributed by atoms with Crippen LogP contribution in [-0.2, 0) is 13.7 Å². The molecule has 0 aliphatic carbocycles. The molecule has 0 aliphatic rings. The van der Waals surface area contributed by atoms with Crippen LogP contribution in [0, 0.1) is 0 Å². The molecule has 2 rings (SSSR count). The smallest absolute Gasteiger partial charge is 0.215 e. The third-order valence-electron chi connectivity index (χ3n) is 2.75. The van der Waals surface area contributed by atoms with E-state index in [2.05, 4.69) is 31.1 Å². The first-order valence-corrected chi connectivity index (χ1v) is 5.87. The van der Waals surface area contributed by atoms with E-state index in [1.54, 1.807) is 4.68 Å². The summed E-state index contributed by atoms with van der Waals surface area (Å²) in [5.41, 5.74) is 2.33. The highest BCUT2D eigenvalue weighted by Crippen LogP contribution is 2.25. The number of aryl methyl sites for hydroxylation is 1. The number of hydrogen-bond acceptors (Lipinski definition) is 2. The molecule has 0 aliphatic heterocycles. The van der Waals surface area contributed by atoms with Gasteiger partial charge in [-0.05, 0) is 11.5 Å². The molecule has 0 radical (unpaired) electrons. The van der Waals surface area contributed by atoms with E-state index in [1.165, 1.54) is 5.56 Å². The molecule has 0 fully saturated rings. The zero-order valence-electron chi connectivity index (χ0n) is 10.6. The summed E-state index contributed by atoms with van der Waals surface area (Å²) in [6, 6.07) is 10.2. The molecular weight excluding hydrogens is 212 g/mol. The minimum absolute atomic E-state index is 0.425. The van der Waals surface area contributed by atoms with E-state index in [4.69, 9.17) is 4.74 Å². The largest absolute Gasteiger partial charge is 0.473 e. The van der Waals surface area contributed by atoms with Crippen LogP contribution in [0.3, 0.4) is 0 Å². The fourth-order valence-electron chi connectivity index (χ4n) is 1.74. The molecule has 3 nitrogen and oxygen atoms in total. The van der Waals surface area contributed by atoms with Crippen LogP contribution in [0.5, 0.6) is 5.88 Å². The number of hydrogen-bond donors (Lipinski definition) is 0. The Labute approximate surface area is 102 Å². The van der Waals surface area contributed by atoms with Crippen molar-refractivity contribution >= 4 is 0 Å². The van der Waals surface area contributed by atoms with Gasteiger partial charge in [-0.25, -0.2) is 4.68 Å². The van der Waals surface area contributed by atoms with Gasteiger partial charge in [0.2, 0.25) is 5.88 Å². The molecule has 17 heavy (non-hydrogen) atoms. The summed E-state index contributed by atoms with van der Waals surface area (Å²) in [5, 5.41) is 4.24. The van der Waals surface area contributed by atoms with Gasteiger partial charge in [0.1, 0.15) is 6.61 Å². The summed E-state index contributed by atoms with van der Waals surface area (Å²) in [6.07, 6.45) is 1.88. The normalized spacial score (nSPS) is 10.8. The zero-order valence-corrected chi connectivity index (χ0v) is 10.6. The van der Waals surface area contributed by atoms with E-state index in [0.29, 0.717) is 12.5 Å². The number of rotatable bonds is 4. The second kappa shape index (κ2) is 5.04. The van der Waals surface area contributed by atoms with E-state index >= 15 is 0 Å². The lowest BCUT2D eigenvalue weighted by Crippen LogP contribution is -2.03. The summed E-state index contributed by atoms with van der Waals surface area (Å²) in [7, 11) is 1.91. The second-order valence-corrected chi connectivity index (χ2v) is 4.46. The molecule has 2 aromatic rings. The van der Waals surface area contributed by atoms with E-state index in [9.17, 15) is 0 Å². The summed E-state index contributed by atoms with van der Waals surface area (Å²) in [5.74, 6) is 1.29. The molecule has 3 heteroatoms. The summed E-state index contributed by atoms with van der Waals surface area (Å²) >= 11 is 0. The standard InChI is InChI=1S/C14H18N2O/c1-11(2)13-9-15-16(3)14(13)17-10-12-7-5-4-6-8-12/h4-9,11H,10H2,1-3H3. The molecule has 0 saturated carbocycles. The predicted molar refractivity (Wildman–Crippen MR) is 68.1 cm³/mol. The van der Waals surface area contributed by atoms with Gasteiger partial charge in [0, 0.05) is 12.6 Å². The topological polar surface area (TPSA) is 27.1 Å². The van der Waals surface area contributed by atoms with Crippen molar-refractivity contribution in [3.05, 3.63) is 47.7 Å². The first-order chi connectivity index (χ1) is 8.18. The molecular formula is C14H18N2O. The maximum absolute atomic E-state index is 5.86. The fraction of sp³-hybridized carbons (Fsp3) is 0.357. The minimum atomic E-state index is 0.425. The molecule has 0 saturated heterocycles. The predicted octanol–water partition coefficient (Wildman–Crippen LogP) is 3.12. The van der Waals surface area contributed by atoms with Gasteiger partial charge in [-0.1, -0.05) is 44.2 Å². The first-order valence-electron chi connectivity index (χ1n) is 5.87. The summed E-state index contributed by atoms with van der Waals surface area (Å²) in [6.45, 7) is 4.87. The molecule has 0 N–H and O–H groups in total. The van der Waals surface area contributed by atoms with Gasteiger partial charge in [-0.3, -0.25) is 0 Å². The molecule has 0 bridgehead atoms. The number of aromatic nitrogens is 2. The van der Waals surface area contributed by atoms with Crippen molar-refractivity contribution < 1.29 is 4.74 Å². The average Bonchev–Trinajstić information content (AvgIpc) is 2.69. The van der Waals surface area contributed by atoms with Gasteiger partial charge in [-0.2, -0.15) is 5.10 Å². The van der Waals surface area contributed by atoms with Crippen molar-refractivity contribution in [1.82, 2.24) is 9.78 Å². The molecule has 1 aromatic heterocycles. The van der Waals surface area contributed by atoms with Crippen LogP contribution >= 0.6 is 0 Å². The lowest BCUT2D eigenvalue weighted by Gasteiger charge is -2.10. The number of ether oxygens (including phenoxy) is 1. The molecule has 1 aromatic carbocycles. The average molecular weight is 230 g/mol. The van der Waals surface area contributed by atoms with E-state index in [-0.39, 0.29) is 0 Å². The van der Waals surface area contributed by atoms with E-state index in [0.717, 1.165) is 11.4 Å². The van der Waals surface area contributed by atoms with Crippen LogP contribution in [-0.4, -0.2) is 9.78 Å². The highest BCUT2D eigenvalue weighted by atomic mass is 16.5. The second-order valence-electron chi connectivity index (χ2n) is 4.46. The monoisotopic (exact) mass is 230 g/mol. The van der Waals surface area contributed by atoms with Crippen LogP contribution in [0.25, 0.3) is 0 Å². The highest BCUT2D eigenvalue weighted by molar-refractivity contribution is 5.27. The molecule has 0 unspecified atom stereocenters. The Kier molecular flexibility index (Phi) is 3.47. The minimum Gasteiger partial charge on any atom is -0.473 e. The maximum Gasteiger partial charge on any atom is 0.215 e. The van der Waals surface area contributed by atoms with Crippen molar-refractivity contribution in [1.29, 1.82) is 0 Å². The SMILES string of the molecule is CC(C)c1cnn(C)c1OCc1ccccc1. The lowest BCUT2D eigenvalue weighted by atomic mass is 10.1. The molecule has 0 atom stereocenters. The van der Waals surface area contributed by atoms with Gasteiger partial charge >= 0.3 is 0 Å². The fourth-order valence-corrected chi connectivity index (χ4v) is 1.74. The third kappa shape index (κ3) is 2.67. The summed E-state index contributed by atoms with van der Waals surface area (Å²) < 4.78 is 7.65. The van der Waals surface area contributed by atoms with Crippen LogP contribution in [0.4, 0.5) is 0 Å². The molecule has 0 spiro atoms. The number of nitrogens with zero attached hydrogens (tertiary/aromatic N) is 2. The van der Waals surface area contributed by atoms with Crippen LogP contribution in [0.2, 0.25) is 0 Å². The van der Waals surface area contributed by atoms with Crippen molar-refractivity contribution in [2.24, 2.45) is 7.05 Å². The Bertz CT molecular complexity index is 474. The van der Waals surface area contributed by atoms with Gasteiger partial charge in [0.25, 0.3) is 0 Å². The first kappa shape index (κ1) is 11.7. The van der Waals surface area contributed by atoms with Crippen LogP contribution in [0.1, 0.15) is 30.9 Å². The van der Waals surface area contributed by atoms with Crippen molar-refractivity contribution in [3.8, 4) is 5.88 Å². The van der Waals surface area contributed by atoms with Crippen LogP contribution < -0.4 is 4.74 Å². The Morgan fingerprint density at radius 2 is 1.94 bits per heavy atom. The van der Waals surface area contributed by atoms with Gasteiger partial charge in [0.05, 0.1) is 6.20 Å². The number of benzene rings is 1. The Hall–Kier alpha value is -1.77. The maximum atomic E-state index is 5.86. The Morgan fingerprint density at radius 3 is 2.59 bits per heavy atom. The van der Waals surface area contributed by atoms with Crippen molar-refractivity contribution in [2.45, 2.75) is 26.4 Å². The molecule has 0 amide bonds. The van der Waals surface area contributed by atoms with E-state index < -0.39 is 0 Å². The van der Waals surface area contributed by atoms with Gasteiger partial charge in [-0.15, -0.1) is 0 Å². The molecule has 90 valence electrons. The summed E-state index contributed by atoms with van der Waals surface area (Å²) in [4.78, 5) is 0. The zero-order chi connectivity index (χ0) is 12.3. The molecule has 1 heterocycles. The highest BCUT2D eigenvalue weighted by Gasteiger charge is 2.12. The van der Waals surface area contributed by atoms with Gasteiger partial charge in [0.15, 0.2) is 0 Å². The van der Waals surface area contributed by atoms with Gasteiger partial charge < -0.3 is 4.74 Å². The third-order valence-corrected chi connectivity index (χ3v) is 2.75. The lowest BCUT2D eigenvalue weighted by molar-refractivity contribution is 0.275. The van der Waals surface area contributed by atoms with Crippen molar-refractivity contribution in [3.63, 3.8) is 0 Å². The van der Waals surface area contributed by atoms with E-state index in [1.807, 2.05) is 31.4 Å². The van der Waals surface area contributed by atoms with Crippen molar-refractivity contribution in [2.75, 3.05) is 0 Å². The quantitative estimate of drug-likeness (QED) is 0.807. The Balaban J connectivity index is 2.11.